The molecule has 1 heterocycles. The van der Waals surface area contributed by atoms with Crippen LogP contribution in [0.4, 0.5) is 17.1 Å². The molecule has 0 spiro atoms. The highest BCUT2D eigenvalue weighted by Gasteiger charge is 2.38. The maximum absolute atomic E-state index is 13.2. The summed E-state index contributed by atoms with van der Waals surface area (Å²) in [6.45, 7) is 0. The van der Waals surface area contributed by atoms with Crippen molar-refractivity contribution in [2.24, 2.45) is 0 Å². The van der Waals surface area contributed by atoms with Gasteiger partial charge in [0.15, 0.2) is 0 Å². The third-order valence-corrected chi connectivity index (χ3v) is 4.63. The molecule has 0 saturated carbocycles. The number of ether oxygens (including phenoxy) is 1. The summed E-state index contributed by atoms with van der Waals surface area (Å²) in [5.74, 6) is -1.34. The van der Waals surface area contributed by atoms with E-state index in [1.165, 1.54) is 13.2 Å². The van der Waals surface area contributed by atoms with Crippen LogP contribution in [0.3, 0.4) is 0 Å². The van der Waals surface area contributed by atoms with Gasteiger partial charge in [0.2, 0.25) is 0 Å². The summed E-state index contributed by atoms with van der Waals surface area (Å²) in [4.78, 5) is 48.4. The molecule has 3 aromatic carbocycles. The number of hydrogen-bond donors (Lipinski definition) is 0. The van der Waals surface area contributed by atoms with Crippen LogP contribution < -0.4 is 9.64 Å². The fourth-order valence-electron chi connectivity index (χ4n) is 3.40. The summed E-state index contributed by atoms with van der Waals surface area (Å²) in [6.07, 6.45) is 0. The van der Waals surface area contributed by atoms with Crippen molar-refractivity contribution in [2.45, 2.75) is 0 Å². The van der Waals surface area contributed by atoms with Crippen LogP contribution in [0.15, 0.2) is 48.5 Å². The summed E-state index contributed by atoms with van der Waals surface area (Å²) in [6, 6.07) is 10.6. The van der Waals surface area contributed by atoms with Crippen LogP contribution >= 0.6 is 0 Å². The number of non-ortho nitro benzene ring substituents is 2. The molecule has 0 radical (unpaired) electrons. The van der Waals surface area contributed by atoms with Crippen molar-refractivity contribution in [1.82, 2.24) is 0 Å². The number of benzene rings is 3. The van der Waals surface area contributed by atoms with Crippen LogP contribution in [0.2, 0.25) is 0 Å². The topological polar surface area (TPSA) is 133 Å². The summed E-state index contributed by atoms with van der Waals surface area (Å²) in [7, 11) is 1.36. The lowest BCUT2D eigenvalue weighted by atomic mass is 9.92. The van der Waals surface area contributed by atoms with Gasteiger partial charge in [0.25, 0.3) is 23.2 Å². The van der Waals surface area contributed by atoms with E-state index < -0.39 is 33.0 Å². The molecule has 0 fully saturated rings. The van der Waals surface area contributed by atoms with Gasteiger partial charge in [-0.15, -0.1) is 0 Å². The van der Waals surface area contributed by atoms with E-state index in [1.54, 1.807) is 18.2 Å². The first-order valence-electron chi connectivity index (χ1n) is 8.26. The fraction of sp³-hybridized carbons (Fsp3) is 0.0526. The molecular weight excluding hydrogens is 382 g/mol. The van der Waals surface area contributed by atoms with Crippen molar-refractivity contribution in [2.75, 3.05) is 12.0 Å². The monoisotopic (exact) mass is 393 g/mol. The number of para-hydroxylation sites is 2. The molecule has 1 aliphatic heterocycles. The quantitative estimate of drug-likeness (QED) is 0.376. The molecule has 0 bridgehead atoms. The number of methoxy groups -OCH3 is 1. The number of nitrogens with zero attached hydrogens (tertiary/aromatic N) is 3. The van der Waals surface area contributed by atoms with Gasteiger partial charge in [0.05, 0.1) is 33.8 Å². The summed E-state index contributed by atoms with van der Waals surface area (Å²) < 4.78 is 5.22. The zero-order valence-electron chi connectivity index (χ0n) is 14.8. The normalized spacial score (nSPS) is 12.9. The summed E-state index contributed by atoms with van der Waals surface area (Å²) in [5.41, 5.74) is -0.890. The first-order valence-corrected chi connectivity index (χ1v) is 8.26. The second-order valence-electron chi connectivity index (χ2n) is 6.22. The fourth-order valence-corrected chi connectivity index (χ4v) is 3.40. The minimum absolute atomic E-state index is 0.0692. The van der Waals surface area contributed by atoms with Gasteiger partial charge < -0.3 is 4.74 Å². The maximum Gasteiger partial charge on any atom is 0.270 e. The van der Waals surface area contributed by atoms with Gasteiger partial charge in [-0.25, -0.2) is 4.90 Å². The Morgan fingerprint density at radius 2 is 1.38 bits per heavy atom. The van der Waals surface area contributed by atoms with Crippen LogP contribution in [-0.4, -0.2) is 28.8 Å². The molecule has 0 saturated heterocycles. The molecular formula is C19H11N3O7. The lowest BCUT2D eigenvalue weighted by Crippen LogP contribution is -2.40. The number of carbonyl (C=O) groups excluding carboxylic acids is 2. The first-order chi connectivity index (χ1) is 13.8. The molecule has 144 valence electrons. The van der Waals surface area contributed by atoms with Crippen LogP contribution in [-0.2, 0) is 0 Å². The third-order valence-electron chi connectivity index (χ3n) is 4.63. The van der Waals surface area contributed by atoms with Gasteiger partial charge in [-0.2, -0.15) is 0 Å². The van der Waals surface area contributed by atoms with Crippen molar-refractivity contribution in [3.63, 3.8) is 0 Å². The van der Waals surface area contributed by atoms with Crippen molar-refractivity contribution >= 4 is 39.6 Å². The maximum atomic E-state index is 13.2. The number of amides is 2. The lowest BCUT2D eigenvalue weighted by molar-refractivity contribution is -0.385. The van der Waals surface area contributed by atoms with Gasteiger partial charge in [0.1, 0.15) is 5.75 Å². The molecule has 4 rings (SSSR count). The smallest absolute Gasteiger partial charge is 0.270 e. The number of carbonyl (C=O) groups is 2. The highest BCUT2D eigenvalue weighted by atomic mass is 16.6. The Balaban J connectivity index is 2.07. The van der Waals surface area contributed by atoms with Gasteiger partial charge in [-0.3, -0.25) is 29.8 Å². The summed E-state index contributed by atoms with van der Waals surface area (Å²) >= 11 is 0. The molecule has 10 nitrogen and oxygen atoms in total. The van der Waals surface area contributed by atoms with Crippen LogP contribution in [0.1, 0.15) is 20.7 Å². The Hall–Kier alpha value is -4.34. The highest BCUT2D eigenvalue weighted by Crippen LogP contribution is 2.39. The molecule has 1 aliphatic rings. The average molecular weight is 393 g/mol. The Morgan fingerprint density at radius 3 is 1.86 bits per heavy atom. The van der Waals surface area contributed by atoms with E-state index in [0.29, 0.717) is 0 Å². The number of anilines is 1. The van der Waals surface area contributed by atoms with Crippen molar-refractivity contribution in [3.05, 3.63) is 79.9 Å². The molecule has 0 unspecified atom stereocenters. The number of imide groups is 1. The number of nitro benzene ring substituents is 2. The molecule has 3 aromatic rings. The van der Waals surface area contributed by atoms with Crippen LogP contribution in [0, 0.1) is 20.2 Å². The van der Waals surface area contributed by atoms with E-state index >= 15 is 0 Å². The standard InChI is InChI=1S/C19H11N3O7/c1-29-16-5-3-2-4-15(16)20-18(23)13-8-11(21(25)26)6-10-7-12(22(27)28)9-14(17(10)13)19(20)24/h2-9H,1H3. The predicted molar refractivity (Wildman–Crippen MR) is 101 cm³/mol. The Kier molecular flexibility index (Phi) is 3.97. The summed E-state index contributed by atoms with van der Waals surface area (Å²) in [5, 5.41) is 22.8. The van der Waals surface area contributed by atoms with Crippen molar-refractivity contribution in [1.29, 1.82) is 0 Å². The van der Waals surface area contributed by atoms with Crippen molar-refractivity contribution < 1.29 is 24.2 Å². The predicted octanol–water partition coefficient (Wildman–Crippen LogP) is 3.47. The van der Waals surface area contributed by atoms with Gasteiger partial charge in [-0.1, -0.05) is 12.1 Å². The third kappa shape index (κ3) is 2.65. The zero-order valence-corrected chi connectivity index (χ0v) is 14.8. The molecule has 10 heteroatoms. The highest BCUT2D eigenvalue weighted by molar-refractivity contribution is 6.36. The van der Waals surface area contributed by atoms with E-state index in [2.05, 4.69) is 0 Å². The molecule has 0 aliphatic carbocycles. The number of hydrogen-bond acceptors (Lipinski definition) is 7. The van der Waals surface area contributed by atoms with Crippen molar-refractivity contribution in [3.8, 4) is 5.75 Å². The van der Waals surface area contributed by atoms with Crippen LogP contribution in [0.25, 0.3) is 10.8 Å². The molecule has 0 aromatic heterocycles. The molecule has 0 atom stereocenters. The zero-order chi connectivity index (χ0) is 20.9. The van der Waals surface area contributed by atoms with Gasteiger partial charge in [0, 0.05) is 29.7 Å². The van der Waals surface area contributed by atoms with E-state index in [0.717, 1.165) is 29.2 Å². The van der Waals surface area contributed by atoms with Gasteiger partial charge in [-0.05, 0) is 17.5 Å². The molecule has 0 N–H and O–H groups in total. The van der Waals surface area contributed by atoms with E-state index in [-0.39, 0.29) is 33.3 Å². The minimum Gasteiger partial charge on any atom is -0.495 e. The number of nitro groups is 2. The largest absolute Gasteiger partial charge is 0.495 e. The second kappa shape index (κ2) is 6.37. The minimum atomic E-state index is -0.783. The Labute approximate surface area is 162 Å². The van der Waals surface area contributed by atoms with E-state index in [9.17, 15) is 29.8 Å². The van der Waals surface area contributed by atoms with Crippen LogP contribution in [0.5, 0.6) is 5.75 Å². The lowest BCUT2D eigenvalue weighted by Gasteiger charge is -2.28. The molecule has 2 amide bonds. The average Bonchev–Trinajstić information content (AvgIpc) is 2.71. The van der Waals surface area contributed by atoms with E-state index in [4.69, 9.17) is 4.74 Å². The van der Waals surface area contributed by atoms with E-state index in [1.807, 2.05) is 0 Å². The number of rotatable bonds is 4. The van der Waals surface area contributed by atoms with Gasteiger partial charge >= 0.3 is 0 Å². The second-order valence-corrected chi connectivity index (χ2v) is 6.22. The molecule has 29 heavy (non-hydrogen) atoms. The SMILES string of the molecule is COc1ccccc1N1C(=O)c2cc([N+](=O)[O-])cc3cc([N+](=O)[O-])cc(c23)C1=O. The Bertz CT molecular complexity index is 1180. The first kappa shape index (κ1) is 18.0. The Morgan fingerprint density at radius 1 is 0.862 bits per heavy atom.